The highest BCUT2D eigenvalue weighted by Crippen LogP contribution is 2.53. The van der Waals surface area contributed by atoms with E-state index >= 15 is 0 Å². The molecule has 0 bridgehead atoms. The van der Waals surface area contributed by atoms with E-state index < -0.39 is 4.92 Å². The van der Waals surface area contributed by atoms with E-state index in [0.29, 0.717) is 23.6 Å². The zero-order chi connectivity index (χ0) is 18.3. The van der Waals surface area contributed by atoms with Gasteiger partial charge in [-0.2, -0.15) is 0 Å². The Kier molecular flexibility index (Phi) is 4.11. The van der Waals surface area contributed by atoms with Crippen molar-refractivity contribution in [1.29, 1.82) is 0 Å². The number of nitro groups is 1. The second-order valence-corrected chi connectivity index (χ2v) is 6.59. The predicted molar refractivity (Wildman–Crippen MR) is 97.0 cm³/mol. The topological polar surface area (TPSA) is 64.4 Å². The van der Waals surface area contributed by atoms with Gasteiger partial charge in [0.2, 0.25) is 0 Å². The molecule has 0 amide bonds. The summed E-state index contributed by atoms with van der Waals surface area (Å²) < 4.78 is 19.9. The summed E-state index contributed by atoms with van der Waals surface area (Å²) in [6, 6.07) is 9.59. The van der Waals surface area contributed by atoms with Crippen LogP contribution in [0.3, 0.4) is 0 Å². The van der Waals surface area contributed by atoms with Crippen LogP contribution in [0.25, 0.3) is 0 Å². The number of halogens is 1. The van der Waals surface area contributed by atoms with Crippen molar-refractivity contribution in [2.24, 2.45) is 5.92 Å². The number of ether oxygens (including phenoxy) is 1. The summed E-state index contributed by atoms with van der Waals surface area (Å²) in [5.74, 6) is 0.293. The van der Waals surface area contributed by atoms with Crippen LogP contribution in [-0.4, -0.2) is 11.5 Å². The lowest BCUT2D eigenvalue weighted by atomic mass is 9.76. The van der Waals surface area contributed by atoms with Gasteiger partial charge in [-0.15, -0.1) is 0 Å². The average molecular weight is 354 g/mol. The highest BCUT2D eigenvalue weighted by atomic mass is 19.1. The normalized spacial score (nSPS) is 23.1. The first-order valence-electron chi connectivity index (χ1n) is 8.73. The average Bonchev–Trinajstić information content (AvgIpc) is 3.11. The molecule has 0 unspecified atom stereocenters. The van der Waals surface area contributed by atoms with Crippen LogP contribution >= 0.6 is 0 Å². The van der Waals surface area contributed by atoms with Crippen molar-refractivity contribution in [3.05, 3.63) is 75.6 Å². The third kappa shape index (κ3) is 2.62. The lowest BCUT2D eigenvalue weighted by molar-refractivity contribution is -0.384. The number of nitrogens with zero attached hydrogens (tertiary/aromatic N) is 1. The minimum atomic E-state index is -0.411. The number of nitrogens with one attached hydrogen (secondary N) is 1. The first kappa shape index (κ1) is 16.6. The predicted octanol–water partition coefficient (Wildman–Crippen LogP) is 4.96. The zero-order valence-electron chi connectivity index (χ0n) is 14.3. The fraction of sp³-hybridized carbons (Fsp3) is 0.300. The number of allylic oxidation sites excluding steroid dienone is 2. The number of benzene rings is 2. The summed E-state index contributed by atoms with van der Waals surface area (Å²) in [6.07, 6.45) is 4.93. The van der Waals surface area contributed by atoms with Gasteiger partial charge in [-0.3, -0.25) is 10.1 Å². The number of hydrogen-bond acceptors (Lipinski definition) is 4. The van der Waals surface area contributed by atoms with Gasteiger partial charge in [-0.1, -0.05) is 30.4 Å². The Hall–Kier alpha value is -2.89. The van der Waals surface area contributed by atoms with E-state index in [9.17, 15) is 14.5 Å². The van der Waals surface area contributed by atoms with Gasteiger partial charge < -0.3 is 10.1 Å². The van der Waals surface area contributed by atoms with E-state index in [1.165, 1.54) is 12.1 Å². The number of fused-ring (bicyclic) bond motifs is 3. The molecule has 0 spiro atoms. The van der Waals surface area contributed by atoms with Crippen molar-refractivity contribution >= 4 is 11.4 Å². The van der Waals surface area contributed by atoms with E-state index in [2.05, 4.69) is 17.5 Å². The number of hydrogen-bond donors (Lipinski definition) is 1. The Morgan fingerprint density at radius 3 is 2.85 bits per heavy atom. The molecule has 1 aliphatic heterocycles. The molecule has 1 heterocycles. The van der Waals surface area contributed by atoms with Gasteiger partial charge in [0.15, 0.2) is 0 Å². The van der Waals surface area contributed by atoms with Gasteiger partial charge in [0.1, 0.15) is 17.3 Å². The molecule has 4 rings (SSSR count). The quantitative estimate of drug-likeness (QED) is 0.479. The van der Waals surface area contributed by atoms with Crippen molar-refractivity contribution in [1.82, 2.24) is 0 Å². The zero-order valence-corrected chi connectivity index (χ0v) is 14.3. The molecule has 2 aliphatic rings. The van der Waals surface area contributed by atoms with Gasteiger partial charge in [0, 0.05) is 11.5 Å². The molecule has 0 aromatic heterocycles. The molecule has 0 fully saturated rings. The van der Waals surface area contributed by atoms with Crippen molar-refractivity contribution in [3.63, 3.8) is 0 Å². The van der Waals surface area contributed by atoms with E-state index in [0.717, 1.165) is 12.0 Å². The molecular weight excluding hydrogens is 335 g/mol. The second-order valence-electron chi connectivity index (χ2n) is 6.59. The maximum atomic E-state index is 14.4. The number of rotatable bonds is 4. The van der Waals surface area contributed by atoms with Gasteiger partial charge in [0.05, 0.1) is 23.6 Å². The van der Waals surface area contributed by atoms with Crippen LogP contribution in [0.2, 0.25) is 0 Å². The summed E-state index contributed by atoms with van der Waals surface area (Å²) in [6.45, 7) is 2.28. The Bertz CT molecular complexity index is 897. The molecule has 0 radical (unpaired) electrons. The fourth-order valence-electron chi connectivity index (χ4n) is 4.08. The molecule has 1 aliphatic carbocycles. The van der Waals surface area contributed by atoms with Crippen molar-refractivity contribution < 1.29 is 14.1 Å². The summed E-state index contributed by atoms with van der Waals surface area (Å²) >= 11 is 0. The Labute approximate surface area is 150 Å². The van der Waals surface area contributed by atoms with Crippen LogP contribution in [0.5, 0.6) is 5.75 Å². The highest BCUT2D eigenvalue weighted by molar-refractivity contribution is 5.73. The monoisotopic (exact) mass is 354 g/mol. The minimum Gasteiger partial charge on any atom is -0.494 e. The van der Waals surface area contributed by atoms with Crippen molar-refractivity contribution in [3.8, 4) is 5.75 Å². The van der Waals surface area contributed by atoms with Crippen LogP contribution < -0.4 is 10.1 Å². The Balaban J connectivity index is 1.87. The largest absolute Gasteiger partial charge is 0.494 e. The Morgan fingerprint density at radius 2 is 2.12 bits per heavy atom. The van der Waals surface area contributed by atoms with Crippen LogP contribution in [0.15, 0.2) is 48.6 Å². The summed E-state index contributed by atoms with van der Waals surface area (Å²) in [5.41, 5.74) is 1.81. The maximum Gasteiger partial charge on any atom is 0.296 e. The van der Waals surface area contributed by atoms with Gasteiger partial charge in [-0.05, 0) is 37.0 Å². The second kappa shape index (κ2) is 6.44. The van der Waals surface area contributed by atoms with Gasteiger partial charge in [-0.25, -0.2) is 4.39 Å². The summed E-state index contributed by atoms with van der Waals surface area (Å²) in [5, 5.41) is 14.9. The fourth-order valence-corrected chi connectivity index (χ4v) is 4.08. The molecule has 6 heteroatoms. The van der Waals surface area contributed by atoms with E-state index in [1.54, 1.807) is 18.2 Å². The highest BCUT2D eigenvalue weighted by Gasteiger charge is 2.41. The van der Waals surface area contributed by atoms with Crippen LogP contribution in [0, 0.1) is 21.8 Å². The van der Waals surface area contributed by atoms with Crippen LogP contribution in [0.4, 0.5) is 15.8 Å². The molecule has 134 valence electrons. The van der Waals surface area contributed by atoms with Crippen molar-refractivity contribution in [2.45, 2.75) is 25.3 Å². The molecule has 2 aromatic carbocycles. The van der Waals surface area contributed by atoms with Crippen LogP contribution in [0.1, 0.15) is 36.4 Å². The SMILES string of the molecule is CCOc1cc2c(c([N+](=O)[O-])c1)N[C@@H](c1ccccc1F)[C@@H]1CC=C[C@H]21. The van der Waals surface area contributed by atoms with Gasteiger partial charge >= 0.3 is 0 Å². The molecule has 26 heavy (non-hydrogen) atoms. The van der Waals surface area contributed by atoms with E-state index in [-0.39, 0.29) is 29.4 Å². The molecule has 2 aromatic rings. The third-order valence-corrected chi connectivity index (χ3v) is 5.17. The number of anilines is 1. The third-order valence-electron chi connectivity index (χ3n) is 5.17. The molecule has 3 atom stereocenters. The first-order chi connectivity index (χ1) is 12.6. The summed E-state index contributed by atoms with van der Waals surface area (Å²) in [7, 11) is 0. The smallest absolute Gasteiger partial charge is 0.296 e. The lowest BCUT2D eigenvalue weighted by Gasteiger charge is -2.37. The van der Waals surface area contributed by atoms with Crippen molar-refractivity contribution in [2.75, 3.05) is 11.9 Å². The summed E-state index contributed by atoms with van der Waals surface area (Å²) in [4.78, 5) is 11.2. The molecule has 1 N–H and O–H groups in total. The molecule has 0 saturated carbocycles. The first-order valence-corrected chi connectivity index (χ1v) is 8.73. The molecular formula is C20H19FN2O3. The van der Waals surface area contributed by atoms with E-state index in [4.69, 9.17) is 4.74 Å². The van der Waals surface area contributed by atoms with Crippen LogP contribution in [-0.2, 0) is 0 Å². The number of nitro benzene ring substituents is 1. The maximum absolute atomic E-state index is 14.4. The van der Waals surface area contributed by atoms with E-state index in [1.807, 2.05) is 13.0 Å². The lowest BCUT2D eigenvalue weighted by Crippen LogP contribution is -2.30. The standard InChI is InChI=1S/C20H19FN2O3/c1-2-26-12-10-16-13-7-5-8-14(13)19(15-6-3-4-9-17(15)21)22-20(16)18(11-12)23(24)25/h3-7,9-11,13-14,19,22H,2,8H2,1H3/t13-,14+,19+/m0/s1. The van der Waals surface area contributed by atoms with Gasteiger partial charge in [0.25, 0.3) is 5.69 Å². The molecule has 5 nitrogen and oxygen atoms in total. The Morgan fingerprint density at radius 1 is 1.31 bits per heavy atom. The molecule has 0 saturated heterocycles. The minimum absolute atomic E-state index is 0.00466.